The zero-order valence-corrected chi connectivity index (χ0v) is 10.1. The van der Waals surface area contributed by atoms with E-state index in [1.54, 1.807) is 18.9 Å². The van der Waals surface area contributed by atoms with Crippen LogP contribution in [0, 0.1) is 0 Å². The molecular weight excluding hydrogens is 214 g/mol. The van der Waals surface area contributed by atoms with Crippen LogP contribution in [0.3, 0.4) is 0 Å². The molecule has 1 aromatic rings. The van der Waals surface area contributed by atoms with Crippen LogP contribution in [-0.2, 0) is 4.79 Å². The molecule has 4 heteroatoms. The molecule has 0 saturated carbocycles. The molecule has 0 N–H and O–H groups in total. The molecule has 0 aliphatic rings. The molecule has 0 bridgehead atoms. The van der Waals surface area contributed by atoms with Gasteiger partial charge in [-0.15, -0.1) is 0 Å². The lowest BCUT2D eigenvalue weighted by atomic mass is 10.4. The van der Waals surface area contributed by atoms with E-state index in [4.69, 9.17) is 0 Å². The summed E-state index contributed by atoms with van der Waals surface area (Å²) in [5.74, 6) is 0. The molecule has 76 valence electrons. The second-order valence-corrected chi connectivity index (χ2v) is 5.60. The third kappa shape index (κ3) is 4.17. The molecule has 0 atom stereocenters. The lowest BCUT2D eigenvalue weighted by molar-refractivity contribution is -0.109. The number of carbonyl (C=O) groups is 1. The van der Waals surface area contributed by atoms with Gasteiger partial charge in [0.15, 0.2) is 5.12 Å². The Balaban J connectivity index is 2.63. The minimum atomic E-state index is 0.123. The fourth-order valence-electron chi connectivity index (χ4n) is 0.945. The van der Waals surface area contributed by atoms with Gasteiger partial charge in [0.1, 0.15) is 0 Å². The summed E-state index contributed by atoms with van der Waals surface area (Å²) in [4.78, 5) is 13.0. The van der Waals surface area contributed by atoms with E-state index in [9.17, 15) is 4.79 Å². The van der Waals surface area contributed by atoms with Crippen LogP contribution >= 0.6 is 23.7 Å². The van der Waals surface area contributed by atoms with Gasteiger partial charge in [0.2, 0.25) is 0 Å². The Labute approximate surface area is 93.2 Å². The van der Waals surface area contributed by atoms with Crippen molar-refractivity contribution in [3.8, 4) is 0 Å². The van der Waals surface area contributed by atoms with Crippen molar-refractivity contribution in [3.05, 3.63) is 24.3 Å². The van der Waals surface area contributed by atoms with Crippen LogP contribution in [0.1, 0.15) is 6.92 Å². The first-order valence-electron chi connectivity index (χ1n) is 4.21. The Morgan fingerprint density at radius 2 is 1.64 bits per heavy atom. The monoisotopic (exact) mass is 227 g/mol. The van der Waals surface area contributed by atoms with Crippen molar-refractivity contribution >= 4 is 28.8 Å². The first kappa shape index (κ1) is 11.6. The summed E-state index contributed by atoms with van der Waals surface area (Å²) in [7, 11) is 4.01. The van der Waals surface area contributed by atoms with E-state index in [0.717, 1.165) is 4.90 Å². The highest BCUT2D eigenvalue weighted by Gasteiger charge is 1.99. The standard InChI is InChI=1S/C10H13NOS2/c1-8(12)13-9-4-6-10(7-5-9)14-11(2)3/h4-7H,1-3H3. The van der Waals surface area contributed by atoms with E-state index in [1.165, 1.54) is 16.7 Å². The molecule has 0 aliphatic heterocycles. The minimum Gasteiger partial charge on any atom is -0.287 e. The lowest BCUT2D eigenvalue weighted by Crippen LogP contribution is -1.98. The van der Waals surface area contributed by atoms with E-state index in [-0.39, 0.29) is 5.12 Å². The summed E-state index contributed by atoms with van der Waals surface area (Å²) in [5, 5.41) is 0.123. The summed E-state index contributed by atoms with van der Waals surface area (Å²) >= 11 is 2.93. The maximum absolute atomic E-state index is 10.8. The normalized spacial score (nSPS) is 10.6. The summed E-state index contributed by atoms with van der Waals surface area (Å²) < 4.78 is 2.03. The maximum atomic E-state index is 10.8. The summed E-state index contributed by atoms with van der Waals surface area (Å²) in [6.45, 7) is 1.58. The van der Waals surface area contributed by atoms with Crippen LogP contribution in [0.25, 0.3) is 0 Å². The summed E-state index contributed by atoms with van der Waals surface area (Å²) in [6, 6.07) is 7.99. The molecule has 2 nitrogen and oxygen atoms in total. The van der Waals surface area contributed by atoms with Gasteiger partial charge < -0.3 is 0 Å². The largest absolute Gasteiger partial charge is 0.287 e. The van der Waals surface area contributed by atoms with Gasteiger partial charge in [-0.05, 0) is 50.3 Å². The molecule has 1 rings (SSSR count). The molecule has 0 fully saturated rings. The second-order valence-electron chi connectivity index (χ2n) is 2.97. The number of nitrogens with zero attached hydrogens (tertiary/aromatic N) is 1. The van der Waals surface area contributed by atoms with Gasteiger partial charge in [-0.2, -0.15) is 0 Å². The molecular formula is C10H13NOS2. The van der Waals surface area contributed by atoms with Gasteiger partial charge in [0.25, 0.3) is 0 Å². The summed E-state index contributed by atoms with van der Waals surface area (Å²) in [5.41, 5.74) is 0. The van der Waals surface area contributed by atoms with Crippen LogP contribution in [0.4, 0.5) is 0 Å². The van der Waals surface area contributed by atoms with Gasteiger partial charge in [-0.25, -0.2) is 0 Å². The maximum Gasteiger partial charge on any atom is 0.190 e. The second kappa shape index (κ2) is 5.44. The predicted octanol–water partition coefficient (Wildman–Crippen LogP) is 2.89. The van der Waals surface area contributed by atoms with Crippen molar-refractivity contribution < 1.29 is 4.79 Å². The van der Waals surface area contributed by atoms with Crippen molar-refractivity contribution in [1.29, 1.82) is 0 Å². The number of benzene rings is 1. The van der Waals surface area contributed by atoms with Crippen molar-refractivity contribution in [3.63, 3.8) is 0 Å². The van der Waals surface area contributed by atoms with Crippen LogP contribution in [-0.4, -0.2) is 23.5 Å². The smallest absolute Gasteiger partial charge is 0.190 e. The molecule has 0 saturated heterocycles. The third-order valence-electron chi connectivity index (χ3n) is 1.37. The third-order valence-corrected chi connectivity index (χ3v) is 3.02. The topological polar surface area (TPSA) is 20.3 Å². The Bertz CT molecular complexity index is 308. The molecule has 0 heterocycles. The molecule has 0 aromatic heterocycles. The zero-order valence-electron chi connectivity index (χ0n) is 8.48. The molecule has 1 aromatic carbocycles. The Hall–Kier alpha value is -0.450. The van der Waals surface area contributed by atoms with E-state index in [0.29, 0.717) is 0 Å². The number of hydrogen-bond donors (Lipinski definition) is 0. The van der Waals surface area contributed by atoms with Crippen LogP contribution in [0.5, 0.6) is 0 Å². The molecule has 14 heavy (non-hydrogen) atoms. The Morgan fingerprint density at radius 1 is 1.14 bits per heavy atom. The van der Waals surface area contributed by atoms with Gasteiger partial charge in [0, 0.05) is 16.7 Å². The average molecular weight is 227 g/mol. The summed E-state index contributed by atoms with van der Waals surface area (Å²) in [6.07, 6.45) is 0. The van der Waals surface area contributed by atoms with Crippen molar-refractivity contribution in [2.24, 2.45) is 0 Å². The quantitative estimate of drug-likeness (QED) is 0.584. The first-order valence-corrected chi connectivity index (χ1v) is 5.80. The molecule has 0 spiro atoms. The van der Waals surface area contributed by atoms with E-state index >= 15 is 0 Å². The van der Waals surface area contributed by atoms with Crippen LogP contribution in [0.2, 0.25) is 0 Å². The van der Waals surface area contributed by atoms with Crippen molar-refractivity contribution in [2.45, 2.75) is 16.7 Å². The molecule has 0 radical (unpaired) electrons. The van der Waals surface area contributed by atoms with Crippen LogP contribution in [0.15, 0.2) is 34.1 Å². The predicted molar refractivity (Wildman–Crippen MR) is 62.5 cm³/mol. The number of hydrogen-bond acceptors (Lipinski definition) is 4. The highest BCUT2D eigenvalue weighted by Crippen LogP contribution is 2.24. The molecule has 0 aliphatic carbocycles. The van der Waals surface area contributed by atoms with Gasteiger partial charge >= 0.3 is 0 Å². The lowest BCUT2D eigenvalue weighted by Gasteiger charge is -2.08. The molecule has 0 amide bonds. The Morgan fingerprint density at radius 3 is 2.07 bits per heavy atom. The SMILES string of the molecule is CC(=O)Sc1ccc(SN(C)C)cc1. The van der Waals surface area contributed by atoms with E-state index in [1.807, 2.05) is 42.7 Å². The van der Waals surface area contributed by atoms with Crippen molar-refractivity contribution in [2.75, 3.05) is 14.1 Å². The van der Waals surface area contributed by atoms with E-state index < -0.39 is 0 Å². The minimum absolute atomic E-state index is 0.123. The highest BCUT2D eigenvalue weighted by atomic mass is 32.2. The van der Waals surface area contributed by atoms with Gasteiger partial charge in [-0.1, -0.05) is 11.8 Å². The van der Waals surface area contributed by atoms with Crippen molar-refractivity contribution in [1.82, 2.24) is 4.31 Å². The fourth-order valence-corrected chi connectivity index (χ4v) is 2.23. The van der Waals surface area contributed by atoms with Crippen LogP contribution < -0.4 is 0 Å². The highest BCUT2D eigenvalue weighted by molar-refractivity contribution is 8.13. The van der Waals surface area contributed by atoms with E-state index in [2.05, 4.69) is 0 Å². The average Bonchev–Trinajstić information content (AvgIpc) is 2.06. The molecule has 0 unspecified atom stereocenters. The number of carbonyl (C=O) groups excluding carboxylic acids is 1. The van der Waals surface area contributed by atoms with Gasteiger partial charge in [0.05, 0.1) is 0 Å². The number of thioether (sulfide) groups is 1. The number of rotatable bonds is 3. The Kier molecular flexibility index (Phi) is 4.51. The van der Waals surface area contributed by atoms with Gasteiger partial charge in [-0.3, -0.25) is 9.10 Å². The fraction of sp³-hybridized carbons (Fsp3) is 0.300. The zero-order chi connectivity index (χ0) is 10.6. The first-order chi connectivity index (χ1) is 6.58.